The van der Waals surface area contributed by atoms with Gasteiger partial charge >= 0.3 is 5.97 Å². The number of hydrogen-bond acceptors (Lipinski definition) is 5. The zero-order valence-electron chi connectivity index (χ0n) is 13.4. The maximum Gasteiger partial charge on any atom is 0.314 e. The molecule has 0 unspecified atom stereocenters. The predicted octanol–water partition coefficient (Wildman–Crippen LogP) is 3.19. The van der Waals surface area contributed by atoms with E-state index in [9.17, 15) is 19.7 Å². The standard InChI is InChI=1S/C16H19ClN2O5/c1-2-3-15(20)18-8-6-11(7-9-18)16(21)24-12-4-5-14(19(22)23)13(17)10-12/h4-5,10-11H,2-3,6-9H2,1H3. The first kappa shape index (κ1) is 18.2. The van der Waals surface area contributed by atoms with Gasteiger partial charge in [-0.15, -0.1) is 0 Å². The number of piperidine rings is 1. The Labute approximate surface area is 144 Å². The Morgan fingerprint density at radius 1 is 1.38 bits per heavy atom. The summed E-state index contributed by atoms with van der Waals surface area (Å²) in [7, 11) is 0. The molecule has 1 aromatic carbocycles. The third kappa shape index (κ3) is 4.44. The van der Waals surface area contributed by atoms with Crippen molar-refractivity contribution >= 4 is 29.2 Å². The Kier molecular flexibility index (Phi) is 6.14. The first-order valence-corrected chi connectivity index (χ1v) is 8.23. The molecule has 0 radical (unpaired) electrons. The van der Waals surface area contributed by atoms with E-state index in [1.165, 1.54) is 18.2 Å². The summed E-state index contributed by atoms with van der Waals surface area (Å²) in [6.07, 6.45) is 2.43. The molecule has 1 aliphatic heterocycles. The lowest BCUT2D eigenvalue weighted by Crippen LogP contribution is -2.41. The molecule has 0 saturated carbocycles. The van der Waals surface area contributed by atoms with Crippen molar-refractivity contribution in [1.82, 2.24) is 4.90 Å². The number of benzene rings is 1. The van der Waals surface area contributed by atoms with Gasteiger partial charge in [-0.1, -0.05) is 18.5 Å². The predicted molar refractivity (Wildman–Crippen MR) is 88.0 cm³/mol. The SMILES string of the molecule is CCCC(=O)N1CCC(C(=O)Oc2ccc([N+](=O)[O-])c(Cl)c2)CC1. The molecule has 0 atom stereocenters. The van der Waals surface area contributed by atoms with Gasteiger partial charge in [-0.2, -0.15) is 0 Å². The van der Waals surface area contributed by atoms with Crippen LogP contribution in [-0.2, 0) is 9.59 Å². The van der Waals surface area contributed by atoms with Gasteiger partial charge in [0.1, 0.15) is 10.8 Å². The van der Waals surface area contributed by atoms with Gasteiger partial charge < -0.3 is 9.64 Å². The second-order valence-electron chi connectivity index (χ2n) is 5.70. The van der Waals surface area contributed by atoms with E-state index >= 15 is 0 Å². The summed E-state index contributed by atoms with van der Waals surface area (Å²) in [4.78, 5) is 35.9. The van der Waals surface area contributed by atoms with Gasteiger partial charge in [0.25, 0.3) is 5.69 Å². The third-order valence-corrected chi connectivity index (χ3v) is 4.28. The van der Waals surface area contributed by atoms with Crippen LogP contribution in [0.5, 0.6) is 5.75 Å². The first-order valence-electron chi connectivity index (χ1n) is 7.85. The Bertz CT molecular complexity index is 641. The summed E-state index contributed by atoms with van der Waals surface area (Å²) in [5, 5.41) is 10.6. The monoisotopic (exact) mass is 354 g/mol. The van der Waals surface area contributed by atoms with E-state index in [1.807, 2.05) is 6.92 Å². The van der Waals surface area contributed by atoms with Crippen LogP contribution in [0.1, 0.15) is 32.6 Å². The van der Waals surface area contributed by atoms with Crippen molar-refractivity contribution < 1.29 is 19.2 Å². The zero-order valence-corrected chi connectivity index (χ0v) is 14.1. The summed E-state index contributed by atoms with van der Waals surface area (Å²) < 4.78 is 5.26. The Morgan fingerprint density at radius 3 is 2.58 bits per heavy atom. The third-order valence-electron chi connectivity index (χ3n) is 3.98. The molecule has 1 amide bonds. The fourth-order valence-electron chi connectivity index (χ4n) is 2.64. The summed E-state index contributed by atoms with van der Waals surface area (Å²) in [6.45, 7) is 3.04. The summed E-state index contributed by atoms with van der Waals surface area (Å²) in [5.41, 5.74) is -0.237. The first-order chi connectivity index (χ1) is 11.4. The number of amides is 1. The van der Waals surface area contributed by atoms with Crippen molar-refractivity contribution in [1.29, 1.82) is 0 Å². The molecule has 1 heterocycles. The molecule has 1 saturated heterocycles. The minimum Gasteiger partial charge on any atom is -0.426 e. The maximum absolute atomic E-state index is 12.2. The highest BCUT2D eigenvalue weighted by Gasteiger charge is 2.28. The number of likely N-dealkylation sites (tertiary alicyclic amines) is 1. The van der Waals surface area contributed by atoms with Crippen molar-refractivity contribution in [3.05, 3.63) is 33.3 Å². The molecular formula is C16H19ClN2O5. The fraction of sp³-hybridized carbons (Fsp3) is 0.500. The molecule has 0 bridgehead atoms. The van der Waals surface area contributed by atoms with Gasteiger partial charge in [0, 0.05) is 31.6 Å². The Morgan fingerprint density at radius 2 is 2.04 bits per heavy atom. The van der Waals surface area contributed by atoms with Gasteiger partial charge in [0.15, 0.2) is 0 Å². The smallest absolute Gasteiger partial charge is 0.314 e. The fourth-order valence-corrected chi connectivity index (χ4v) is 2.87. The normalized spacial score (nSPS) is 15.2. The number of halogens is 1. The van der Waals surface area contributed by atoms with Gasteiger partial charge in [-0.25, -0.2) is 0 Å². The van der Waals surface area contributed by atoms with E-state index in [1.54, 1.807) is 4.90 Å². The van der Waals surface area contributed by atoms with E-state index < -0.39 is 10.9 Å². The molecule has 1 aliphatic rings. The van der Waals surface area contributed by atoms with E-state index in [0.717, 1.165) is 6.42 Å². The van der Waals surface area contributed by atoms with Crippen molar-refractivity contribution in [2.24, 2.45) is 5.92 Å². The van der Waals surface area contributed by atoms with Gasteiger partial charge in [-0.3, -0.25) is 19.7 Å². The van der Waals surface area contributed by atoms with Crippen LogP contribution < -0.4 is 4.74 Å². The van der Waals surface area contributed by atoms with Crippen LogP contribution >= 0.6 is 11.6 Å². The number of nitro groups is 1. The topological polar surface area (TPSA) is 89.8 Å². The summed E-state index contributed by atoms with van der Waals surface area (Å²) >= 11 is 5.80. The van der Waals surface area contributed by atoms with Crippen molar-refractivity contribution in [2.45, 2.75) is 32.6 Å². The van der Waals surface area contributed by atoms with Crippen molar-refractivity contribution in [2.75, 3.05) is 13.1 Å². The second-order valence-corrected chi connectivity index (χ2v) is 6.10. The van der Waals surface area contributed by atoms with E-state index in [2.05, 4.69) is 0 Å². The Balaban J connectivity index is 1.91. The lowest BCUT2D eigenvalue weighted by atomic mass is 9.96. The van der Waals surface area contributed by atoms with Gasteiger partial charge in [0.05, 0.1) is 10.8 Å². The average Bonchev–Trinajstić information content (AvgIpc) is 2.55. The molecule has 1 aromatic rings. The number of carbonyl (C=O) groups excluding carboxylic acids is 2. The number of carbonyl (C=O) groups is 2. The Hall–Kier alpha value is -2.15. The van der Waals surface area contributed by atoms with Crippen LogP contribution in [0.3, 0.4) is 0 Å². The molecular weight excluding hydrogens is 336 g/mol. The number of ether oxygens (including phenoxy) is 1. The zero-order chi connectivity index (χ0) is 17.7. The van der Waals surface area contributed by atoms with Crippen LogP contribution in [0.4, 0.5) is 5.69 Å². The average molecular weight is 355 g/mol. The quantitative estimate of drug-likeness (QED) is 0.350. The van der Waals surface area contributed by atoms with Crippen molar-refractivity contribution in [3.63, 3.8) is 0 Å². The van der Waals surface area contributed by atoms with Crippen LogP contribution in [0.15, 0.2) is 18.2 Å². The molecule has 0 aliphatic carbocycles. The number of esters is 1. The van der Waals surface area contributed by atoms with E-state index in [0.29, 0.717) is 32.4 Å². The lowest BCUT2D eigenvalue weighted by molar-refractivity contribution is -0.384. The maximum atomic E-state index is 12.2. The van der Waals surface area contributed by atoms with Crippen LogP contribution in [0, 0.1) is 16.0 Å². The highest BCUT2D eigenvalue weighted by molar-refractivity contribution is 6.32. The van der Waals surface area contributed by atoms with Crippen LogP contribution in [-0.4, -0.2) is 34.8 Å². The molecule has 0 spiro atoms. The number of nitrogens with zero attached hydrogens (tertiary/aromatic N) is 2. The number of rotatable bonds is 5. The van der Waals surface area contributed by atoms with E-state index in [-0.39, 0.29) is 28.3 Å². The molecule has 7 nitrogen and oxygen atoms in total. The molecule has 0 N–H and O–H groups in total. The van der Waals surface area contributed by atoms with Gasteiger partial charge in [-0.05, 0) is 25.3 Å². The molecule has 130 valence electrons. The molecule has 24 heavy (non-hydrogen) atoms. The van der Waals surface area contributed by atoms with Gasteiger partial charge in [0.2, 0.25) is 5.91 Å². The molecule has 8 heteroatoms. The minimum absolute atomic E-state index is 0.0784. The molecule has 1 fully saturated rings. The van der Waals surface area contributed by atoms with Crippen molar-refractivity contribution in [3.8, 4) is 5.75 Å². The highest BCUT2D eigenvalue weighted by atomic mass is 35.5. The molecule has 2 rings (SSSR count). The second kappa shape index (κ2) is 8.10. The number of hydrogen-bond donors (Lipinski definition) is 0. The largest absolute Gasteiger partial charge is 0.426 e. The lowest BCUT2D eigenvalue weighted by Gasteiger charge is -2.30. The molecule has 0 aromatic heterocycles. The van der Waals surface area contributed by atoms with Crippen LogP contribution in [0.25, 0.3) is 0 Å². The summed E-state index contributed by atoms with van der Waals surface area (Å²) in [5.74, 6) is -0.390. The van der Waals surface area contributed by atoms with E-state index in [4.69, 9.17) is 16.3 Å². The highest BCUT2D eigenvalue weighted by Crippen LogP contribution is 2.29. The number of nitro benzene ring substituents is 1. The van der Waals surface area contributed by atoms with Crippen LogP contribution in [0.2, 0.25) is 5.02 Å². The minimum atomic E-state index is -0.600. The summed E-state index contributed by atoms with van der Waals surface area (Å²) in [6, 6.07) is 3.82.